The molecule has 0 radical (unpaired) electrons. The fourth-order valence-corrected chi connectivity index (χ4v) is 7.77. The van der Waals surface area contributed by atoms with Gasteiger partial charge in [0.15, 0.2) is 6.10 Å². The summed E-state index contributed by atoms with van der Waals surface area (Å²) in [6.45, 7) is 4.25. The monoisotopic (exact) mass is 997 g/mol. The lowest BCUT2D eigenvalue weighted by atomic mass is 10.1. The van der Waals surface area contributed by atoms with Gasteiger partial charge in [-0.3, -0.25) is 18.6 Å². The van der Waals surface area contributed by atoms with E-state index in [9.17, 15) is 19.0 Å². The van der Waals surface area contributed by atoms with Crippen LogP contribution in [0.25, 0.3) is 0 Å². The zero-order chi connectivity index (χ0) is 51.3. The number of nitrogens with zero attached hydrogens (tertiary/aromatic N) is 1. The summed E-state index contributed by atoms with van der Waals surface area (Å²) in [5, 5.41) is 0. The minimum absolute atomic E-state index is 0.0186. The van der Waals surface area contributed by atoms with Crippen molar-refractivity contribution in [3.63, 3.8) is 0 Å². The number of ether oxygens (including phenoxy) is 2. The van der Waals surface area contributed by atoms with Crippen molar-refractivity contribution < 1.29 is 42.1 Å². The highest BCUT2D eigenvalue weighted by molar-refractivity contribution is 7.47. The lowest BCUT2D eigenvalue weighted by molar-refractivity contribution is -0.870. The molecule has 0 aliphatic heterocycles. The van der Waals surface area contributed by atoms with Crippen LogP contribution in [0.4, 0.5) is 0 Å². The van der Waals surface area contributed by atoms with Crippen molar-refractivity contribution in [2.75, 3.05) is 47.5 Å². The predicted octanol–water partition coefficient (Wildman–Crippen LogP) is 17.0. The van der Waals surface area contributed by atoms with Gasteiger partial charge in [-0.25, -0.2) is 4.57 Å². The Labute approximate surface area is 429 Å². The summed E-state index contributed by atoms with van der Waals surface area (Å²) in [5.74, 6) is -0.842. The first-order valence-electron chi connectivity index (χ1n) is 27.6. The molecule has 0 amide bonds. The summed E-state index contributed by atoms with van der Waals surface area (Å²) in [6, 6.07) is 0. The summed E-state index contributed by atoms with van der Waals surface area (Å²) in [4.78, 5) is 35.6. The van der Waals surface area contributed by atoms with Gasteiger partial charge >= 0.3 is 19.8 Å². The maximum atomic E-state index is 12.8. The average molecular weight is 997 g/mol. The van der Waals surface area contributed by atoms with Gasteiger partial charge in [0.05, 0.1) is 27.7 Å². The van der Waals surface area contributed by atoms with E-state index in [2.05, 4.69) is 123 Å². The molecule has 9 nitrogen and oxygen atoms in total. The number of esters is 2. The van der Waals surface area contributed by atoms with Gasteiger partial charge in [-0.15, -0.1) is 0 Å². The highest BCUT2D eigenvalue weighted by Crippen LogP contribution is 2.43. The first-order valence-corrected chi connectivity index (χ1v) is 29.1. The third-order valence-electron chi connectivity index (χ3n) is 11.3. The largest absolute Gasteiger partial charge is 0.472 e. The molecule has 0 bridgehead atoms. The van der Waals surface area contributed by atoms with E-state index in [4.69, 9.17) is 18.5 Å². The van der Waals surface area contributed by atoms with Crippen LogP contribution < -0.4 is 0 Å². The standard InChI is InChI=1S/C60H102NO8P/c1-6-8-10-12-14-16-18-20-22-24-26-28-30-32-34-36-38-40-42-44-46-48-50-52-59(62)66-56-58(57-68-70(64,65)67-55-54-61(3,4)5)69-60(63)53-51-49-47-45-43-41-39-37-35-33-31-29-27-25-23-21-19-17-15-13-11-9-7-2/h9,11,15,17-18,20-21,23-24,26-27,29-30,32-33,35,39,41,58H,6-8,10,12-14,16,19,22,25,28,31,34,36-38,40,42-57H2,1-5H3/p+1/b11-9-,17-15-,20-18-,23-21-,26-24-,29-27-,32-30-,35-33-,41-39-. The minimum Gasteiger partial charge on any atom is -0.462 e. The van der Waals surface area contributed by atoms with E-state index in [1.165, 1.54) is 64.2 Å². The van der Waals surface area contributed by atoms with E-state index in [0.717, 1.165) is 109 Å². The molecule has 0 aromatic carbocycles. The number of phosphoric acid groups is 1. The van der Waals surface area contributed by atoms with E-state index in [0.29, 0.717) is 17.4 Å². The molecule has 2 unspecified atom stereocenters. The van der Waals surface area contributed by atoms with Crippen LogP contribution in [0.3, 0.4) is 0 Å². The van der Waals surface area contributed by atoms with Crippen molar-refractivity contribution in [1.82, 2.24) is 0 Å². The Morgan fingerprint density at radius 3 is 1.21 bits per heavy atom. The normalized spacial score (nSPS) is 14.2. The van der Waals surface area contributed by atoms with Crippen LogP contribution in [0, 0.1) is 0 Å². The number of quaternary nitrogens is 1. The van der Waals surface area contributed by atoms with Gasteiger partial charge in [-0.2, -0.15) is 0 Å². The second-order valence-corrected chi connectivity index (χ2v) is 20.7. The minimum atomic E-state index is -4.40. The number of rotatable bonds is 49. The van der Waals surface area contributed by atoms with Crippen LogP contribution in [0.5, 0.6) is 0 Å². The van der Waals surface area contributed by atoms with Crippen LogP contribution in [-0.4, -0.2) is 74.9 Å². The quantitative estimate of drug-likeness (QED) is 0.0211. The van der Waals surface area contributed by atoms with Crippen molar-refractivity contribution in [3.05, 3.63) is 109 Å². The number of phosphoric ester groups is 1. The Hall–Kier alpha value is -3.33. The number of hydrogen-bond donors (Lipinski definition) is 1. The first-order chi connectivity index (χ1) is 34.0. The smallest absolute Gasteiger partial charge is 0.462 e. The molecule has 0 fully saturated rings. The fourth-order valence-electron chi connectivity index (χ4n) is 7.02. The molecule has 0 spiro atoms. The van der Waals surface area contributed by atoms with Gasteiger partial charge in [0, 0.05) is 12.8 Å². The molecular formula is C60H103NO8P+. The lowest BCUT2D eigenvalue weighted by Gasteiger charge is -2.24. The van der Waals surface area contributed by atoms with Gasteiger partial charge in [0.2, 0.25) is 0 Å². The number of carbonyl (C=O) groups excluding carboxylic acids is 2. The Morgan fingerprint density at radius 1 is 0.457 bits per heavy atom. The summed E-state index contributed by atoms with van der Waals surface area (Å²) in [6.07, 6.45) is 70.0. The Bertz CT molecular complexity index is 1550. The molecule has 400 valence electrons. The molecule has 0 heterocycles. The topological polar surface area (TPSA) is 108 Å². The summed E-state index contributed by atoms with van der Waals surface area (Å²) in [7, 11) is 1.44. The van der Waals surface area contributed by atoms with Crippen molar-refractivity contribution in [2.45, 2.75) is 213 Å². The molecular weight excluding hydrogens is 894 g/mol. The average Bonchev–Trinajstić information content (AvgIpc) is 3.32. The molecule has 0 rings (SSSR count). The van der Waals surface area contributed by atoms with E-state index in [-0.39, 0.29) is 32.0 Å². The second kappa shape index (κ2) is 50.6. The maximum absolute atomic E-state index is 12.8. The number of hydrogen-bond acceptors (Lipinski definition) is 7. The molecule has 1 N–H and O–H groups in total. The number of likely N-dealkylation sites (N-methyl/N-ethyl adjacent to an activating group) is 1. The van der Waals surface area contributed by atoms with Crippen molar-refractivity contribution >= 4 is 19.8 Å². The molecule has 10 heteroatoms. The number of carbonyl (C=O) groups is 2. The summed E-state index contributed by atoms with van der Waals surface area (Å²) < 4.78 is 34.5. The van der Waals surface area contributed by atoms with Crippen LogP contribution in [0.1, 0.15) is 206 Å². The Balaban J connectivity index is 4.32. The molecule has 70 heavy (non-hydrogen) atoms. The third-order valence-corrected chi connectivity index (χ3v) is 12.3. The SMILES string of the molecule is CC/C=C\C/C=C\C/C=C\C/C=C\C/C=C\C/C=C\CCCCCCC(=O)OC(COC(=O)CCCCCCCCCC/C=C\C/C=C\C/C=C\CCCCCCC)COP(=O)(O)OCC[N+](C)(C)C. The third kappa shape index (κ3) is 54.0. The van der Waals surface area contributed by atoms with Crippen LogP contribution in [0.15, 0.2) is 109 Å². The Morgan fingerprint density at radius 2 is 0.814 bits per heavy atom. The maximum Gasteiger partial charge on any atom is 0.472 e. The molecule has 0 saturated heterocycles. The molecule has 0 aromatic heterocycles. The zero-order valence-electron chi connectivity index (χ0n) is 45.2. The first kappa shape index (κ1) is 66.7. The molecule has 2 atom stereocenters. The van der Waals surface area contributed by atoms with Crippen molar-refractivity contribution in [2.24, 2.45) is 0 Å². The van der Waals surface area contributed by atoms with E-state index in [1.807, 2.05) is 21.1 Å². The van der Waals surface area contributed by atoms with Gasteiger partial charge in [0.1, 0.15) is 19.8 Å². The van der Waals surface area contributed by atoms with Gasteiger partial charge in [0.25, 0.3) is 0 Å². The fraction of sp³-hybridized carbons (Fsp3) is 0.667. The lowest BCUT2D eigenvalue weighted by Crippen LogP contribution is -2.37. The summed E-state index contributed by atoms with van der Waals surface area (Å²) >= 11 is 0. The van der Waals surface area contributed by atoms with Crippen molar-refractivity contribution in [1.29, 1.82) is 0 Å². The number of allylic oxidation sites excluding steroid dienone is 18. The van der Waals surface area contributed by atoms with Gasteiger partial charge in [-0.05, 0) is 103 Å². The predicted molar refractivity (Wildman–Crippen MR) is 298 cm³/mol. The van der Waals surface area contributed by atoms with Crippen molar-refractivity contribution in [3.8, 4) is 0 Å². The van der Waals surface area contributed by atoms with Crippen LogP contribution in [-0.2, 0) is 32.7 Å². The highest BCUT2D eigenvalue weighted by Gasteiger charge is 2.27. The van der Waals surface area contributed by atoms with Gasteiger partial charge in [-0.1, -0.05) is 200 Å². The molecule has 0 aliphatic carbocycles. The van der Waals surface area contributed by atoms with E-state index >= 15 is 0 Å². The van der Waals surface area contributed by atoms with Crippen LogP contribution >= 0.6 is 7.82 Å². The van der Waals surface area contributed by atoms with E-state index in [1.54, 1.807) is 0 Å². The molecule has 0 saturated carbocycles. The molecule has 0 aliphatic rings. The highest BCUT2D eigenvalue weighted by atomic mass is 31.2. The zero-order valence-corrected chi connectivity index (χ0v) is 46.1. The second-order valence-electron chi connectivity index (χ2n) is 19.2. The van der Waals surface area contributed by atoms with Gasteiger partial charge < -0.3 is 18.9 Å². The summed E-state index contributed by atoms with van der Waals surface area (Å²) in [5.41, 5.74) is 0. The number of unbranched alkanes of at least 4 members (excludes halogenated alkanes) is 17. The van der Waals surface area contributed by atoms with E-state index < -0.39 is 26.5 Å². The Kier molecular flexibility index (Phi) is 48.2. The van der Waals surface area contributed by atoms with Crippen LogP contribution in [0.2, 0.25) is 0 Å². The molecule has 0 aromatic rings.